The van der Waals surface area contributed by atoms with Gasteiger partial charge in [-0.1, -0.05) is 32.0 Å². The molecule has 1 aromatic rings. The number of carbonyl (C=O) groups excluding carboxylic acids is 2. The van der Waals surface area contributed by atoms with Crippen LogP contribution in [0.4, 0.5) is 5.69 Å². The minimum Gasteiger partial charge on any atom is -0.344 e. The smallest absolute Gasteiger partial charge is 0.265 e. The molecule has 29 heavy (non-hydrogen) atoms. The van der Waals surface area contributed by atoms with E-state index in [0.717, 1.165) is 25.0 Å². The molecule has 0 atom stereocenters. The van der Waals surface area contributed by atoms with Crippen molar-refractivity contribution < 1.29 is 9.59 Å². The van der Waals surface area contributed by atoms with Crippen molar-refractivity contribution in [3.8, 4) is 0 Å². The predicted octanol–water partition coefficient (Wildman–Crippen LogP) is 3.75. The summed E-state index contributed by atoms with van der Waals surface area (Å²) in [4.78, 5) is 31.5. The van der Waals surface area contributed by atoms with Gasteiger partial charge < -0.3 is 4.90 Å². The second-order valence-electron chi connectivity index (χ2n) is 8.21. The number of thiocarbonyl (C=S) groups is 1. The summed E-state index contributed by atoms with van der Waals surface area (Å²) in [5, 5.41) is 0.304. The van der Waals surface area contributed by atoms with Gasteiger partial charge in [0.25, 0.3) is 11.8 Å². The van der Waals surface area contributed by atoms with Gasteiger partial charge in [0.2, 0.25) is 0 Å². The Hall–Kier alpha value is -2.47. The number of benzene rings is 1. The summed E-state index contributed by atoms with van der Waals surface area (Å²) in [5.74, 6) is -0.573. The van der Waals surface area contributed by atoms with Crippen LogP contribution in [0.2, 0.25) is 0 Å². The molecule has 4 rings (SSSR count). The normalized spacial score (nSPS) is 21.0. The fourth-order valence-electron chi connectivity index (χ4n) is 4.87. The lowest BCUT2D eigenvalue weighted by molar-refractivity contribution is -0.133. The summed E-state index contributed by atoms with van der Waals surface area (Å²) < 4.78 is 0. The lowest BCUT2D eigenvalue weighted by Gasteiger charge is -2.36. The fourth-order valence-corrected chi connectivity index (χ4v) is 5.30. The monoisotopic (exact) mass is 409 g/mol. The summed E-state index contributed by atoms with van der Waals surface area (Å²) in [6, 6.07) is 8.48. The first-order valence-electron chi connectivity index (χ1n) is 10.3. The number of amides is 2. The lowest BCUT2D eigenvalue weighted by atomic mass is 9.80. The quantitative estimate of drug-likeness (QED) is 0.433. The summed E-state index contributed by atoms with van der Waals surface area (Å²) in [7, 11) is 0. The van der Waals surface area contributed by atoms with Crippen molar-refractivity contribution >= 4 is 34.8 Å². The number of likely N-dealkylation sites (N-methyl/N-ethyl adjacent to an activating group) is 2. The Morgan fingerprint density at radius 3 is 2.31 bits per heavy atom. The van der Waals surface area contributed by atoms with Gasteiger partial charge in [0.05, 0.1) is 0 Å². The number of nitrogens with zero attached hydrogens (tertiary/aromatic N) is 3. The highest BCUT2D eigenvalue weighted by Crippen LogP contribution is 2.51. The van der Waals surface area contributed by atoms with Crippen LogP contribution in [0, 0.1) is 0 Å². The van der Waals surface area contributed by atoms with Crippen LogP contribution in [-0.4, -0.2) is 46.4 Å². The van der Waals surface area contributed by atoms with Crippen LogP contribution >= 0.6 is 12.2 Å². The third-order valence-corrected chi connectivity index (χ3v) is 6.67. The predicted molar refractivity (Wildman–Crippen MR) is 119 cm³/mol. The van der Waals surface area contributed by atoms with Crippen molar-refractivity contribution in [3.05, 3.63) is 52.7 Å². The molecule has 0 spiro atoms. The first-order chi connectivity index (χ1) is 13.8. The molecule has 2 amide bonds. The zero-order chi connectivity index (χ0) is 20.9. The molecular formula is C23H27N3O2S. The number of hydrogen-bond acceptors (Lipinski definition) is 4. The Bertz CT molecular complexity index is 948. The molecule has 3 heterocycles. The van der Waals surface area contributed by atoms with E-state index >= 15 is 0 Å². The van der Waals surface area contributed by atoms with E-state index < -0.39 is 0 Å². The average Bonchev–Trinajstić information content (AvgIpc) is 2.94. The van der Waals surface area contributed by atoms with Gasteiger partial charge in [0, 0.05) is 36.4 Å². The van der Waals surface area contributed by atoms with E-state index in [1.807, 2.05) is 19.9 Å². The molecule has 0 saturated carbocycles. The molecule has 1 aromatic carbocycles. The first-order valence-corrected chi connectivity index (χ1v) is 10.7. The maximum atomic E-state index is 13.1. The van der Waals surface area contributed by atoms with Gasteiger partial charge in [-0.3, -0.25) is 19.4 Å². The molecular weight excluding hydrogens is 382 g/mol. The highest BCUT2D eigenvalue weighted by molar-refractivity contribution is 7.80. The van der Waals surface area contributed by atoms with Crippen LogP contribution in [0.1, 0.15) is 46.1 Å². The van der Waals surface area contributed by atoms with E-state index in [4.69, 9.17) is 12.2 Å². The first kappa shape index (κ1) is 19.8. The topological polar surface area (TPSA) is 43.9 Å². The maximum Gasteiger partial charge on any atom is 0.265 e. The van der Waals surface area contributed by atoms with Crippen molar-refractivity contribution in [3.63, 3.8) is 0 Å². The minimum atomic E-state index is -0.286. The van der Waals surface area contributed by atoms with Gasteiger partial charge in [-0.2, -0.15) is 0 Å². The van der Waals surface area contributed by atoms with Gasteiger partial charge in [-0.15, -0.1) is 0 Å². The molecule has 0 N–H and O–H groups in total. The molecule has 0 bridgehead atoms. The van der Waals surface area contributed by atoms with Crippen molar-refractivity contribution in [2.75, 3.05) is 24.5 Å². The van der Waals surface area contributed by atoms with Crippen LogP contribution in [-0.2, 0) is 15.0 Å². The zero-order valence-electron chi connectivity index (χ0n) is 17.5. The van der Waals surface area contributed by atoms with E-state index in [0.29, 0.717) is 18.2 Å². The van der Waals surface area contributed by atoms with Gasteiger partial charge in [0.15, 0.2) is 5.11 Å². The molecule has 0 radical (unpaired) electrons. The van der Waals surface area contributed by atoms with Crippen LogP contribution in [0.5, 0.6) is 0 Å². The highest BCUT2D eigenvalue weighted by Gasteiger charge is 2.44. The molecule has 0 aliphatic carbocycles. The number of hydrogen-bond donors (Lipinski definition) is 0. The number of rotatable bonds is 3. The van der Waals surface area contributed by atoms with Gasteiger partial charge in [-0.05, 0) is 62.2 Å². The molecule has 0 unspecified atom stereocenters. The summed E-state index contributed by atoms with van der Waals surface area (Å²) in [5.41, 5.74) is 4.86. The van der Waals surface area contributed by atoms with E-state index in [-0.39, 0.29) is 22.8 Å². The molecule has 3 aliphatic heterocycles. The number of anilines is 1. The maximum absolute atomic E-state index is 13.1. The van der Waals surface area contributed by atoms with E-state index in [9.17, 15) is 9.59 Å². The van der Waals surface area contributed by atoms with Crippen LogP contribution in [0.15, 0.2) is 47.2 Å². The molecule has 6 heteroatoms. The van der Waals surface area contributed by atoms with E-state index in [2.05, 4.69) is 43.0 Å². The zero-order valence-corrected chi connectivity index (χ0v) is 18.3. The minimum absolute atomic E-state index is 0.172. The molecule has 152 valence electrons. The molecule has 3 aliphatic rings. The molecule has 1 fully saturated rings. The van der Waals surface area contributed by atoms with Crippen LogP contribution in [0.25, 0.3) is 0 Å². The fraction of sp³-hybridized carbons (Fsp3) is 0.435. The van der Waals surface area contributed by atoms with Crippen molar-refractivity contribution in [1.29, 1.82) is 0 Å². The summed E-state index contributed by atoms with van der Waals surface area (Å²) >= 11 is 5.38. The Kier molecular flexibility index (Phi) is 4.85. The third kappa shape index (κ3) is 2.84. The van der Waals surface area contributed by atoms with Crippen molar-refractivity contribution in [2.24, 2.45) is 0 Å². The molecule has 5 nitrogen and oxygen atoms in total. The summed E-state index contributed by atoms with van der Waals surface area (Å²) in [6.07, 6.45) is 3.69. The highest BCUT2D eigenvalue weighted by atomic mass is 32.1. The van der Waals surface area contributed by atoms with Crippen LogP contribution < -0.4 is 4.90 Å². The molecule has 1 saturated heterocycles. The van der Waals surface area contributed by atoms with Crippen molar-refractivity contribution in [2.45, 2.75) is 46.0 Å². The largest absolute Gasteiger partial charge is 0.344 e. The third-order valence-electron chi connectivity index (χ3n) is 6.23. The van der Waals surface area contributed by atoms with E-state index in [1.54, 1.807) is 0 Å². The number of fused-ring (bicyclic) bond motifs is 3. The second kappa shape index (κ2) is 7.10. The van der Waals surface area contributed by atoms with Gasteiger partial charge >= 0.3 is 0 Å². The number of carbonyl (C=O) groups is 2. The van der Waals surface area contributed by atoms with Gasteiger partial charge in [-0.25, -0.2) is 0 Å². The Labute approximate surface area is 177 Å². The Morgan fingerprint density at radius 1 is 1.07 bits per heavy atom. The Balaban J connectivity index is 1.86. The SMILES string of the molecule is CCN1C(=O)C(=CC2=C3N(CCC2)c2ccccc2C3(C)C)C(=O)N(CC)C1=S. The van der Waals surface area contributed by atoms with Crippen molar-refractivity contribution in [1.82, 2.24) is 9.80 Å². The Morgan fingerprint density at radius 2 is 1.69 bits per heavy atom. The van der Waals surface area contributed by atoms with Crippen LogP contribution in [0.3, 0.4) is 0 Å². The number of allylic oxidation sites excluding steroid dienone is 3. The summed E-state index contributed by atoms with van der Waals surface area (Å²) in [6.45, 7) is 10.1. The molecule has 0 aromatic heterocycles. The standard InChI is InChI=1S/C23H27N3O2S/c1-5-24-20(27)16(21(28)25(6-2)22(24)29)14-15-10-9-13-26-18-12-8-7-11-17(18)23(3,4)19(15)26/h7-8,11-12,14H,5-6,9-10,13H2,1-4H3. The lowest BCUT2D eigenvalue weighted by Crippen LogP contribution is -2.56. The number of para-hydroxylation sites is 1. The average molecular weight is 410 g/mol. The van der Waals surface area contributed by atoms with Gasteiger partial charge in [0.1, 0.15) is 5.57 Å². The van der Waals surface area contributed by atoms with E-state index in [1.165, 1.54) is 26.7 Å². The second-order valence-corrected chi connectivity index (χ2v) is 8.58.